The largest absolute Gasteiger partial charge is 0.311 e. The second kappa shape index (κ2) is 11.0. The molecule has 0 fully saturated rings. The Hall–Kier alpha value is -5.02. The molecule has 0 radical (unpaired) electrons. The Balaban J connectivity index is 1.53. The van der Waals surface area contributed by atoms with Crippen LogP contribution in [0, 0.1) is 27.7 Å². The molecular formula is C40H35BN2. The highest BCUT2D eigenvalue weighted by atomic mass is 15.2. The van der Waals surface area contributed by atoms with Crippen molar-refractivity contribution in [3.05, 3.63) is 162 Å². The molecule has 1 aliphatic heterocycles. The first-order chi connectivity index (χ1) is 21.0. The first-order valence-electron chi connectivity index (χ1n) is 15.1. The lowest BCUT2D eigenvalue weighted by Crippen LogP contribution is -2.57. The normalized spacial score (nSPS) is 12.1. The molecule has 0 bridgehead atoms. The Morgan fingerprint density at radius 1 is 0.465 bits per heavy atom. The van der Waals surface area contributed by atoms with Crippen molar-refractivity contribution in [2.24, 2.45) is 0 Å². The Labute approximate surface area is 256 Å². The molecule has 0 spiro atoms. The highest BCUT2D eigenvalue weighted by Gasteiger charge is 2.36. The molecule has 0 aliphatic carbocycles. The summed E-state index contributed by atoms with van der Waals surface area (Å²) in [6.07, 6.45) is 0. The zero-order chi connectivity index (χ0) is 29.5. The Bertz CT molecular complexity index is 1850. The summed E-state index contributed by atoms with van der Waals surface area (Å²) < 4.78 is 0. The molecule has 7 rings (SSSR count). The van der Waals surface area contributed by atoms with E-state index in [0.29, 0.717) is 0 Å². The van der Waals surface area contributed by atoms with Gasteiger partial charge in [0.25, 0.3) is 0 Å². The van der Waals surface area contributed by atoms with Crippen LogP contribution in [0.1, 0.15) is 22.3 Å². The zero-order valence-corrected chi connectivity index (χ0v) is 25.3. The van der Waals surface area contributed by atoms with Gasteiger partial charge in [0.15, 0.2) is 0 Å². The zero-order valence-electron chi connectivity index (χ0n) is 25.3. The molecule has 0 N–H and O–H groups in total. The number of hydrogen-bond donors (Lipinski definition) is 0. The molecule has 3 heteroatoms. The second-order valence-electron chi connectivity index (χ2n) is 11.7. The van der Waals surface area contributed by atoms with Gasteiger partial charge in [0, 0.05) is 28.4 Å². The van der Waals surface area contributed by atoms with E-state index >= 15 is 0 Å². The third-order valence-electron chi connectivity index (χ3n) is 8.58. The minimum atomic E-state index is 0.0988. The molecule has 0 unspecified atom stereocenters. The molecule has 0 saturated carbocycles. The summed E-state index contributed by atoms with van der Waals surface area (Å²) >= 11 is 0. The van der Waals surface area contributed by atoms with Crippen LogP contribution in [0.15, 0.2) is 140 Å². The Morgan fingerprint density at radius 2 is 0.977 bits per heavy atom. The number of hydrogen-bond acceptors (Lipinski definition) is 2. The first kappa shape index (κ1) is 26.9. The van der Waals surface area contributed by atoms with E-state index < -0.39 is 0 Å². The number of fused-ring (bicyclic) bond motifs is 2. The quantitative estimate of drug-likeness (QED) is 0.197. The number of rotatable bonds is 5. The molecule has 1 heterocycles. The molecule has 6 aromatic carbocycles. The van der Waals surface area contributed by atoms with Crippen molar-refractivity contribution < 1.29 is 0 Å². The van der Waals surface area contributed by atoms with Gasteiger partial charge in [0.05, 0.1) is 5.69 Å². The van der Waals surface area contributed by atoms with E-state index in [4.69, 9.17) is 0 Å². The van der Waals surface area contributed by atoms with Crippen molar-refractivity contribution in [1.82, 2.24) is 0 Å². The van der Waals surface area contributed by atoms with Crippen LogP contribution in [0.3, 0.4) is 0 Å². The highest BCUT2D eigenvalue weighted by Crippen LogP contribution is 2.42. The predicted molar refractivity (Wildman–Crippen MR) is 186 cm³/mol. The van der Waals surface area contributed by atoms with Gasteiger partial charge >= 0.3 is 0 Å². The first-order valence-corrected chi connectivity index (χ1v) is 15.1. The van der Waals surface area contributed by atoms with Crippen LogP contribution < -0.4 is 26.2 Å². The van der Waals surface area contributed by atoms with Crippen LogP contribution in [-0.4, -0.2) is 6.71 Å². The summed E-state index contributed by atoms with van der Waals surface area (Å²) in [7, 11) is 0. The monoisotopic (exact) mass is 554 g/mol. The molecule has 43 heavy (non-hydrogen) atoms. The molecular weight excluding hydrogens is 519 g/mol. The standard InChI is InChI=1S/C40H35BN2/c1-28-20-22-38-36(26-28)41(32-14-8-5-9-15-32)37-27-35(42(33-16-10-6-11-17-33)34-18-12-7-13-19-34)21-23-39(37)43(38)40-30(3)24-29(2)25-31(40)4/h5-27H,1-4H3. The summed E-state index contributed by atoms with van der Waals surface area (Å²) in [6, 6.07) is 50.9. The van der Waals surface area contributed by atoms with E-state index in [1.165, 1.54) is 55.7 Å². The van der Waals surface area contributed by atoms with E-state index in [-0.39, 0.29) is 6.71 Å². The maximum atomic E-state index is 2.51. The van der Waals surface area contributed by atoms with Crippen LogP contribution in [0.5, 0.6) is 0 Å². The molecule has 208 valence electrons. The van der Waals surface area contributed by atoms with Gasteiger partial charge in [-0.05, 0) is 98.3 Å². The van der Waals surface area contributed by atoms with Gasteiger partial charge in [-0.1, -0.05) is 108 Å². The number of anilines is 6. The van der Waals surface area contributed by atoms with Gasteiger partial charge in [-0.15, -0.1) is 0 Å². The van der Waals surface area contributed by atoms with Crippen molar-refractivity contribution >= 4 is 57.2 Å². The van der Waals surface area contributed by atoms with E-state index in [1.54, 1.807) is 0 Å². The van der Waals surface area contributed by atoms with Crippen molar-refractivity contribution in [3.63, 3.8) is 0 Å². The summed E-state index contributed by atoms with van der Waals surface area (Å²) in [5.74, 6) is 0. The molecule has 0 atom stereocenters. The smallest absolute Gasteiger partial charge is 0.246 e. The van der Waals surface area contributed by atoms with Crippen molar-refractivity contribution in [3.8, 4) is 0 Å². The SMILES string of the molecule is Cc1cc(C)c(N2c3ccc(C)cc3B(c3ccccc3)c3cc(N(c4ccccc4)c4ccccc4)ccc32)c(C)c1. The van der Waals surface area contributed by atoms with Gasteiger partial charge in [-0.25, -0.2) is 0 Å². The van der Waals surface area contributed by atoms with Crippen LogP contribution in [0.25, 0.3) is 0 Å². The third-order valence-corrected chi connectivity index (χ3v) is 8.58. The average molecular weight is 555 g/mol. The molecule has 6 aromatic rings. The average Bonchev–Trinajstić information content (AvgIpc) is 3.02. The lowest BCUT2D eigenvalue weighted by molar-refractivity contribution is 1.20. The summed E-state index contributed by atoms with van der Waals surface area (Å²) in [6.45, 7) is 8.97. The fourth-order valence-corrected chi connectivity index (χ4v) is 6.89. The van der Waals surface area contributed by atoms with Crippen molar-refractivity contribution in [2.45, 2.75) is 27.7 Å². The Kier molecular flexibility index (Phi) is 6.87. The maximum Gasteiger partial charge on any atom is 0.246 e. The number of para-hydroxylation sites is 2. The summed E-state index contributed by atoms with van der Waals surface area (Å²) in [5.41, 5.74) is 16.2. The van der Waals surface area contributed by atoms with Crippen LogP contribution in [0.2, 0.25) is 0 Å². The minimum absolute atomic E-state index is 0.0988. The molecule has 1 aliphatic rings. The Morgan fingerprint density at radius 3 is 1.56 bits per heavy atom. The van der Waals surface area contributed by atoms with Crippen LogP contribution in [0.4, 0.5) is 34.1 Å². The fraction of sp³-hybridized carbons (Fsp3) is 0.100. The van der Waals surface area contributed by atoms with Gasteiger partial charge in [-0.2, -0.15) is 0 Å². The third kappa shape index (κ3) is 4.81. The molecule has 0 aromatic heterocycles. The van der Waals surface area contributed by atoms with E-state index in [0.717, 1.165) is 17.1 Å². The van der Waals surface area contributed by atoms with Gasteiger partial charge < -0.3 is 9.80 Å². The number of nitrogens with zero attached hydrogens (tertiary/aromatic N) is 2. The number of aryl methyl sites for hydroxylation is 4. The number of benzene rings is 6. The van der Waals surface area contributed by atoms with Gasteiger partial charge in [-0.3, -0.25) is 0 Å². The summed E-state index contributed by atoms with van der Waals surface area (Å²) in [4.78, 5) is 4.87. The topological polar surface area (TPSA) is 6.48 Å². The fourth-order valence-electron chi connectivity index (χ4n) is 6.89. The summed E-state index contributed by atoms with van der Waals surface area (Å²) in [5, 5.41) is 0. The minimum Gasteiger partial charge on any atom is -0.311 e. The molecule has 0 amide bonds. The second-order valence-corrected chi connectivity index (χ2v) is 11.7. The lowest BCUT2D eigenvalue weighted by Gasteiger charge is -2.39. The highest BCUT2D eigenvalue weighted by molar-refractivity contribution is 6.98. The van der Waals surface area contributed by atoms with Crippen molar-refractivity contribution in [1.29, 1.82) is 0 Å². The van der Waals surface area contributed by atoms with Crippen LogP contribution in [-0.2, 0) is 0 Å². The lowest BCUT2D eigenvalue weighted by atomic mass is 9.35. The predicted octanol–water partition coefficient (Wildman–Crippen LogP) is 8.69. The van der Waals surface area contributed by atoms with E-state index in [1.807, 2.05) is 0 Å². The van der Waals surface area contributed by atoms with Gasteiger partial charge in [0.1, 0.15) is 0 Å². The maximum absolute atomic E-state index is 2.51. The molecule has 2 nitrogen and oxygen atoms in total. The van der Waals surface area contributed by atoms with Crippen molar-refractivity contribution in [2.75, 3.05) is 9.80 Å². The van der Waals surface area contributed by atoms with E-state index in [9.17, 15) is 0 Å². The van der Waals surface area contributed by atoms with Gasteiger partial charge in [0.2, 0.25) is 6.71 Å². The van der Waals surface area contributed by atoms with E-state index in [2.05, 4.69) is 177 Å². The van der Waals surface area contributed by atoms with Crippen LogP contribution >= 0.6 is 0 Å². The molecule has 0 saturated heterocycles.